The lowest BCUT2D eigenvalue weighted by Gasteiger charge is -2.46. The summed E-state index contributed by atoms with van der Waals surface area (Å²) in [5.41, 5.74) is 0. The molecule has 12 unspecified atom stereocenters. The Labute approximate surface area is 447 Å². The van der Waals surface area contributed by atoms with Gasteiger partial charge in [0.1, 0.15) is 48.8 Å². The Morgan fingerprint density at radius 1 is 0.500 bits per heavy atom. The average Bonchev–Trinajstić information content (AvgIpc) is 3.40. The van der Waals surface area contributed by atoms with Crippen molar-refractivity contribution in [1.29, 1.82) is 0 Å². The normalized spacial score (nSPS) is 25.8. The molecular weight excluding hydrogens is 943 g/mol. The van der Waals surface area contributed by atoms with Crippen molar-refractivity contribution < 1.29 is 64.6 Å². The van der Waals surface area contributed by atoms with Gasteiger partial charge < -0.3 is 65.1 Å². The molecule has 2 aliphatic rings. The Hall–Kier alpha value is -2.57. The van der Waals surface area contributed by atoms with Crippen LogP contribution in [0.3, 0.4) is 0 Å². The highest BCUT2D eigenvalue weighted by Gasteiger charge is 2.51. The smallest absolute Gasteiger partial charge is 0.220 e. The lowest BCUT2D eigenvalue weighted by molar-refractivity contribution is -0.359. The van der Waals surface area contributed by atoms with Gasteiger partial charge in [-0.2, -0.15) is 0 Å². The molecule has 0 spiro atoms. The lowest BCUT2D eigenvalue weighted by atomic mass is 9.97. The molecule has 0 aromatic heterocycles. The summed E-state index contributed by atoms with van der Waals surface area (Å²) in [5, 5.41) is 87.2. The number of ether oxygens (including phenoxy) is 4. The molecule has 0 aromatic rings. The third-order valence-electron chi connectivity index (χ3n) is 13.9. The molecule has 0 saturated carbocycles. The molecule has 74 heavy (non-hydrogen) atoms. The van der Waals surface area contributed by atoms with Crippen LogP contribution in [0, 0.1) is 0 Å². The van der Waals surface area contributed by atoms with Gasteiger partial charge in [-0.05, 0) is 64.2 Å². The minimum Gasteiger partial charge on any atom is -0.394 e. The number of hydrogen-bond donors (Lipinski definition) is 9. The monoisotopic (exact) mass is 1050 g/mol. The Morgan fingerprint density at radius 2 is 0.932 bits per heavy atom. The van der Waals surface area contributed by atoms with E-state index >= 15 is 0 Å². The van der Waals surface area contributed by atoms with E-state index in [1.807, 2.05) is 0 Å². The molecule has 2 fully saturated rings. The largest absolute Gasteiger partial charge is 0.394 e. The second-order valence-electron chi connectivity index (χ2n) is 20.4. The quantitative estimate of drug-likeness (QED) is 0.0205. The number of hydrogen-bond acceptors (Lipinski definition) is 13. The van der Waals surface area contributed by atoms with Crippen LogP contribution in [0.15, 0.2) is 72.9 Å². The van der Waals surface area contributed by atoms with E-state index in [9.17, 15) is 45.6 Å². The summed E-state index contributed by atoms with van der Waals surface area (Å²) < 4.78 is 22.8. The minimum absolute atomic E-state index is 0.233. The second-order valence-corrected chi connectivity index (χ2v) is 20.4. The molecule has 1 amide bonds. The van der Waals surface area contributed by atoms with E-state index < -0.39 is 86.8 Å². The van der Waals surface area contributed by atoms with Gasteiger partial charge in [0.25, 0.3) is 0 Å². The summed E-state index contributed by atoms with van der Waals surface area (Å²) in [5.74, 6) is -0.233. The van der Waals surface area contributed by atoms with Crippen molar-refractivity contribution in [2.45, 2.75) is 280 Å². The predicted octanol–water partition coefficient (Wildman–Crippen LogP) is 9.55. The number of nitrogens with one attached hydrogen (secondary N) is 1. The second kappa shape index (κ2) is 45.4. The standard InChI is InChI=1S/C60H105NO13/c1-3-5-7-9-11-13-15-17-19-21-22-23-24-25-26-28-30-32-34-36-38-40-42-44-52(65)61-48(49(64)43-41-39-37-35-33-31-29-27-20-18-16-14-12-10-8-6-4-2)47-71-59-57(70)55(68)58(51(46-63)73-59)74-60-56(69)54(67)53(66)50(45-62)72-60/h5,7,11,13,17,19,22-23,25-26,30,32,48-51,53-60,62-64,66-70H,3-4,6,8-10,12,14-16,18,20-21,24,27-29,31,33-47H2,1-2H3,(H,61,65)/b7-5-,13-11-,19-17-,23-22-,26-25-,32-30-. The Bertz CT molecular complexity index is 1520. The van der Waals surface area contributed by atoms with Crippen molar-refractivity contribution in [3.8, 4) is 0 Å². The highest BCUT2D eigenvalue weighted by atomic mass is 16.7. The molecular formula is C60H105NO13. The molecule has 12 atom stereocenters. The average molecular weight is 1050 g/mol. The van der Waals surface area contributed by atoms with Crippen LogP contribution >= 0.6 is 0 Å². The molecule has 428 valence electrons. The van der Waals surface area contributed by atoms with Crippen LogP contribution in [0.4, 0.5) is 0 Å². The molecule has 2 saturated heterocycles. The minimum atomic E-state index is -1.79. The SMILES string of the molecule is CC/C=C\C/C=C\C/C=C\C/C=C\C/C=C\C/C=C\CCCCCCC(=O)NC(COC1OC(CO)C(OC2OC(CO)C(O)C(O)C2O)C(O)C1O)C(O)CCCCCCCCCCCCCCCCCCC. The van der Waals surface area contributed by atoms with E-state index in [4.69, 9.17) is 18.9 Å². The maximum absolute atomic E-state index is 13.3. The molecule has 2 heterocycles. The topological polar surface area (TPSA) is 228 Å². The van der Waals surface area contributed by atoms with Gasteiger partial charge in [0, 0.05) is 6.42 Å². The molecule has 14 nitrogen and oxygen atoms in total. The molecule has 2 rings (SSSR count). The Morgan fingerprint density at radius 3 is 1.43 bits per heavy atom. The number of aliphatic hydroxyl groups excluding tert-OH is 8. The van der Waals surface area contributed by atoms with E-state index in [1.54, 1.807) is 0 Å². The first-order chi connectivity index (χ1) is 36.1. The third-order valence-corrected chi connectivity index (χ3v) is 13.9. The van der Waals surface area contributed by atoms with Crippen molar-refractivity contribution in [2.75, 3.05) is 19.8 Å². The van der Waals surface area contributed by atoms with Crippen molar-refractivity contribution in [3.05, 3.63) is 72.9 Å². The van der Waals surface area contributed by atoms with E-state index in [0.717, 1.165) is 89.9 Å². The molecule has 0 aliphatic carbocycles. The van der Waals surface area contributed by atoms with E-state index in [0.29, 0.717) is 12.8 Å². The van der Waals surface area contributed by atoms with Crippen LogP contribution in [-0.2, 0) is 23.7 Å². The van der Waals surface area contributed by atoms with Gasteiger partial charge >= 0.3 is 0 Å². The zero-order valence-corrected chi connectivity index (χ0v) is 45.8. The summed E-state index contributed by atoms with van der Waals surface area (Å²) in [6.07, 6.45) is 41.7. The first-order valence-electron chi connectivity index (χ1n) is 29.2. The Kier molecular flexibility index (Phi) is 41.5. The number of carbonyl (C=O) groups is 1. The van der Waals surface area contributed by atoms with Crippen LogP contribution in [0.2, 0.25) is 0 Å². The molecule has 0 bridgehead atoms. The summed E-state index contributed by atoms with van der Waals surface area (Å²) in [4.78, 5) is 13.3. The number of rotatable bonds is 45. The zero-order valence-electron chi connectivity index (χ0n) is 45.8. The van der Waals surface area contributed by atoms with Gasteiger partial charge in [0.2, 0.25) is 5.91 Å². The summed E-state index contributed by atoms with van der Waals surface area (Å²) in [7, 11) is 0. The van der Waals surface area contributed by atoms with Gasteiger partial charge in [-0.15, -0.1) is 0 Å². The van der Waals surface area contributed by atoms with Crippen molar-refractivity contribution in [1.82, 2.24) is 5.32 Å². The summed E-state index contributed by atoms with van der Waals surface area (Å²) in [6, 6.07) is -0.847. The first-order valence-corrected chi connectivity index (χ1v) is 29.2. The predicted molar refractivity (Wildman–Crippen MR) is 295 cm³/mol. The number of unbranched alkanes of at least 4 members (excludes halogenated alkanes) is 20. The first kappa shape index (κ1) is 67.5. The van der Waals surface area contributed by atoms with Crippen molar-refractivity contribution >= 4 is 5.91 Å². The van der Waals surface area contributed by atoms with Crippen molar-refractivity contribution in [3.63, 3.8) is 0 Å². The van der Waals surface area contributed by atoms with Crippen LogP contribution in [0.1, 0.15) is 206 Å². The van der Waals surface area contributed by atoms with Gasteiger partial charge in [0.15, 0.2) is 12.6 Å². The maximum Gasteiger partial charge on any atom is 0.220 e. The van der Waals surface area contributed by atoms with Crippen LogP contribution in [0.25, 0.3) is 0 Å². The molecule has 0 aromatic carbocycles. The molecule has 14 heteroatoms. The third kappa shape index (κ3) is 31.0. The number of amides is 1. The van der Waals surface area contributed by atoms with Gasteiger partial charge in [0.05, 0.1) is 32.0 Å². The molecule has 9 N–H and O–H groups in total. The Balaban J connectivity index is 1.79. The van der Waals surface area contributed by atoms with Gasteiger partial charge in [-0.3, -0.25) is 4.79 Å². The highest BCUT2D eigenvalue weighted by molar-refractivity contribution is 5.76. The zero-order chi connectivity index (χ0) is 53.9. The fourth-order valence-corrected chi connectivity index (χ4v) is 9.24. The van der Waals surface area contributed by atoms with Gasteiger partial charge in [-0.25, -0.2) is 0 Å². The number of aliphatic hydroxyl groups is 8. The van der Waals surface area contributed by atoms with E-state index in [-0.39, 0.29) is 18.9 Å². The van der Waals surface area contributed by atoms with Gasteiger partial charge in [-0.1, -0.05) is 209 Å². The fourth-order valence-electron chi connectivity index (χ4n) is 9.24. The van der Waals surface area contributed by atoms with Crippen molar-refractivity contribution in [2.24, 2.45) is 0 Å². The summed E-state index contributed by atoms with van der Waals surface area (Å²) >= 11 is 0. The molecule has 2 aliphatic heterocycles. The number of carbonyl (C=O) groups excluding carboxylic acids is 1. The summed E-state index contributed by atoms with van der Waals surface area (Å²) in [6.45, 7) is 2.73. The van der Waals surface area contributed by atoms with Crippen LogP contribution < -0.4 is 5.32 Å². The van der Waals surface area contributed by atoms with E-state index in [1.165, 1.54) is 83.5 Å². The molecule has 0 radical (unpaired) electrons. The highest BCUT2D eigenvalue weighted by Crippen LogP contribution is 2.30. The van der Waals surface area contributed by atoms with Crippen LogP contribution in [0.5, 0.6) is 0 Å². The van der Waals surface area contributed by atoms with E-state index in [2.05, 4.69) is 92.1 Å². The lowest BCUT2D eigenvalue weighted by Crippen LogP contribution is -2.65. The van der Waals surface area contributed by atoms with Crippen LogP contribution in [-0.4, -0.2) is 140 Å². The fraction of sp³-hybridized carbons (Fsp3) is 0.783. The number of allylic oxidation sites excluding steroid dienone is 12. The maximum atomic E-state index is 13.3.